The van der Waals surface area contributed by atoms with Crippen LogP contribution in [0.5, 0.6) is 0 Å². The molecule has 0 unspecified atom stereocenters. The highest BCUT2D eigenvalue weighted by Gasteiger charge is 2.36. The molecule has 0 aromatic rings. The average molecular weight is 154 g/mol. The molecule has 0 heteroatoms. The van der Waals surface area contributed by atoms with E-state index in [0.29, 0.717) is 0 Å². The molecule has 2 rings (SSSR count). The van der Waals surface area contributed by atoms with Crippen molar-refractivity contribution in [1.29, 1.82) is 0 Å². The monoisotopic (exact) mass is 154 g/mol. The Balaban J connectivity index is 0.000000605. The molecule has 2 saturated carbocycles. The third-order valence-corrected chi connectivity index (χ3v) is 3.58. The summed E-state index contributed by atoms with van der Waals surface area (Å²) in [6.45, 7) is 0. The average Bonchev–Trinajstić information content (AvgIpc) is 2.08. The van der Waals surface area contributed by atoms with E-state index < -0.39 is 0 Å². The molecule has 0 radical (unpaired) electrons. The van der Waals surface area contributed by atoms with Crippen molar-refractivity contribution in [1.82, 2.24) is 0 Å². The third kappa shape index (κ3) is 1.77. The summed E-state index contributed by atoms with van der Waals surface area (Å²) in [7, 11) is 0. The van der Waals surface area contributed by atoms with Crippen molar-refractivity contribution in [2.24, 2.45) is 5.41 Å². The van der Waals surface area contributed by atoms with Gasteiger partial charge in [0.2, 0.25) is 0 Å². The Hall–Kier alpha value is 0. The molecule has 2 fully saturated rings. The second-order valence-electron chi connectivity index (χ2n) is 4.27. The van der Waals surface area contributed by atoms with Crippen LogP contribution in [0.25, 0.3) is 0 Å². The highest BCUT2D eigenvalue weighted by molar-refractivity contribution is 4.88. The van der Waals surface area contributed by atoms with Gasteiger partial charge in [-0.25, -0.2) is 0 Å². The van der Waals surface area contributed by atoms with Gasteiger partial charge in [-0.05, 0) is 31.1 Å². The fourth-order valence-electron chi connectivity index (χ4n) is 2.66. The first kappa shape index (κ1) is 9.09. The van der Waals surface area contributed by atoms with Gasteiger partial charge in [0.05, 0.1) is 0 Å². The molecule has 66 valence electrons. The van der Waals surface area contributed by atoms with Gasteiger partial charge >= 0.3 is 0 Å². The molecule has 0 heterocycles. The summed E-state index contributed by atoms with van der Waals surface area (Å²) in [5.74, 6) is 0. The Kier molecular flexibility index (Phi) is 2.98. The Bertz CT molecular complexity index is 101. The minimum absolute atomic E-state index is 0. The van der Waals surface area contributed by atoms with Crippen LogP contribution in [0, 0.1) is 5.41 Å². The molecule has 2 aliphatic rings. The lowest BCUT2D eigenvalue weighted by Crippen LogP contribution is -2.28. The lowest BCUT2D eigenvalue weighted by molar-refractivity contribution is 0.110. The summed E-state index contributed by atoms with van der Waals surface area (Å²) >= 11 is 0. The molecule has 0 N–H and O–H groups in total. The van der Waals surface area contributed by atoms with Gasteiger partial charge in [0, 0.05) is 0 Å². The van der Waals surface area contributed by atoms with E-state index in [-0.39, 0.29) is 7.43 Å². The van der Waals surface area contributed by atoms with Crippen molar-refractivity contribution < 1.29 is 0 Å². The van der Waals surface area contributed by atoms with Crippen molar-refractivity contribution in [3.05, 3.63) is 0 Å². The second kappa shape index (κ2) is 3.60. The first-order chi connectivity index (χ1) is 4.91. The van der Waals surface area contributed by atoms with Crippen LogP contribution in [0.1, 0.15) is 65.2 Å². The molecule has 11 heavy (non-hydrogen) atoms. The Morgan fingerprint density at radius 2 is 1.00 bits per heavy atom. The number of rotatable bonds is 0. The summed E-state index contributed by atoms with van der Waals surface area (Å²) in [5.41, 5.74) is 0.885. The highest BCUT2D eigenvalue weighted by Crippen LogP contribution is 2.50. The lowest BCUT2D eigenvalue weighted by atomic mass is 9.64. The van der Waals surface area contributed by atoms with E-state index in [1.165, 1.54) is 32.1 Å². The van der Waals surface area contributed by atoms with E-state index in [0.717, 1.165) is 5.41 Å². The van der Waals surface area contributed by atoms with Crippen LogP contribution in [-0.4, -0.2) is 0 Å². The normalized spacial score (nSPS) is 28.4. The molecule has 2 aliphatic carbocycles. The topological polar surface area (TPSA) is 0 Å². The van der Waals surface area contributed by atoms with Gasteiger partial charge in [0.1, 0.15) is 0 Å². The largest absolute Gasteiger partial charge is 0.0776 e. The molecular formula is C11H22. The van der Waals surface area contributed by atoms with Gasteiger partial charge in [-0.15, -0.1) is 0 Å². The van der Waals surface area contributed by atoms with E-state index in [2.05, 4.69) is 0 Å². The first-order valence-corrected chi connectivity index (χ1v) is 4.91. The molecule has 1 spiro atoms. The number of hydrogen-bond donors (Lipinski definition) is 0. The molecule has 0 saturated heterocycles. The summed E-state index contributed by atoms with van der Waals surface area (Å²) in [5, 5.41) is 0. The molecule has 0 atom stereocenters. The van der Waals surface area contributed by atoms with Gasteiger partial charge in [0.25, 0.3) is 0 Å². The minimum atomic E-state index is 0. The van der Waals surface area contributed by atoms with Crippen molar-refractivity contribution in [2.75, 3.05) is 0 Å². The van der Waals surface area contributed by atoms with Crippen molar-refractivity contribution >= 4 is 0 Å². The van der Waals surface area contributed by atoms with E-state index in [4.69, 9.17) is 0 Å². The summed E-state index contributed by atoms with van der Waals surface area (Å²) in [6, 6.07) is 0. The van der Waals surface area contributed by atoms with Crippen LogP contribution in [-0.2, 0) is 0 Å². The fourth-order valence-corrected chi connectivity index (χ4v) is 2.66. The predicted molar refractivity (Wildman–Crippen MR) is 50.7 cm³/mol. The van der Waals surface area contributed by atoms with E-state index >= 15 is 0 Å². The van der Waals surface area contributed by atoms with Gasteiger partial charge in [0.15, 0.2) is 0 Å². The van der Waals surface area contributed by atoms with Crippen LogP contribution in [0.2, 0.25) is 0 Å². The van der Waals surface area contributed by atoms with E-state index in [1.807, 2.05) is 0 Å². The van der Waals surface area contributed by atoms with E-state index in [1.54, 1.807) is 25.7 Å². The zero-order valence-electron chi connectivity index (χ0n) is 6.86. The van der Waals surface area contributed by atoms with Crippen LogP contribution in [0.3, 0.4) is 0 Å². The van der Waals surface area contributed by atoms with Crippen LogP contribution in [0.15, 0.2) is 0 Å². The Morgan fingerprint density at radius 3 is 1.36 bits per heavy atom. The molecule has 0 aromatic carbocycles. The minimum Gasteiger partial charge on any atom is -0.0776 e. The smallest absolute Gasteiger partial charge is 0.0297 e. The molecule has 0 nitrogen and oxygen atoms in total. The maximum Gasteiger partial charge on any atom is -0.0297 e. The molecule has 0 aromatic heterocycles. The molecule has 0 amide bonds. The maximum absolute atomic E-state index is 1.56. The van der Waals surface area contributed by atoms with Gasteiger partial charge in [-0.2, -0.15) is 0 Å². The first-order valence-electron chi connectivity index (χ1n) is 4.91. The fraction of sp³-hybridized carbons (Fsp3) is 1.00. The van der Waals surface area contributed by atoms with Crippen LogP contribution < -0.4 is 0 Å². The lowest BCUT2D eigenvalue weighted by Gasteiger charge is -2.41. The van der Waals surface area contributed by atoms with Crippen molar-refractivity contribution in [3.8, 4) is 0 Å². The molecule has 0 aliphatic heterocycles. The summed E-state index contributed by atoms with van der Waals surface area (Å²) < 4.78 is 0. The SMILES string of the molecule is C.C1CCCC2(CC1)CCC2. The summed E-state index contributed by atoms with van der Waals surface area (Å²) in [6.07, 6.45) is 13.9. The van der Waals surface area contributed by atoms with Crippen LogP contribution in [0.4, 0.5) is 0 Å². The number of hydrogen-bond acceptors (Lipinski definition) is 0. The quantitative estimate of drug-likeness (QED) is 0.492. The second-order valence-corrected chi connectivity index (χ2v) is 4.27. The van der Waals surface area contributed by atoms with Gasteiger partial charge < -0.3 is 0 Å². The Morgan fingerprint density at radius 1 is 0.545 bits per heavy atom. The van der Waals surface area contributed by atoms with Gasteiger partial charge in [-0.1, -0.05) is 39.5 Å². The summed E-state index contributed by atoms with van der Waals surface area (Å²) in [4.78, 5) is 0. The third-order valence-electron chi connectivity index (χ3n) is 3.58. The standard InChI is InChI=1S/C10H18.CH4/c1-2-4-7-10(6-3-1)8-5-9-10;/h1-9H2;1H4. The maximum atomic E-state index is 1.56. The van der Waals surface area contributed by atoms with Crippen molar-refractivity contribution in [3.63, 3.8) is 0 Å². The predicted octanol–water partition coefficient (Wildman–Crippen LogP) is 4.15. The van der Waals surface area contributed by atoms with E-state index in [9.17, 15) is 0 Å². The molecule has 0 bridgehead atoms. The zero-order valence-corrected chi connectivity index (χ0v) is 6.86. The van der Waals surface area contributed by atoms with Crippen molar-refractivity contribution in [2.45, 2.75) is 65.2 Å². The zero-order chi connectivity index (χ0) is 6.86. The highest BCUT2D eigenvalue weighted by atomic mass is 14.4. The van der Waals surface area contributed by atoms with Gasteiger partial charge in [-0.3, -0.25) is 0 Å². The molecular weight excluding hydrogens is 132 g/mol. The Labute approximate surface area is 71.4 Å². The van der Waals surface area contributed by atoms with Crippen LogP contribution >= 0.6 is 0 Å².